The largest absolute Gasteiger partial charge is 0.416 e. The molecule has 0 fully saturated rings. The summed E-state index contributed by atoms with van der Waals surface area (Å²) < 4.78 is 38.3. The fourth-order valence-corrected chi connectivity index (χ4v) is 2.43. The number of hydrogen-bond donors (Lipinski definition) is 1. The Kier molecular flexibility index (Phi) is 4.42. The molecule has 0 heterocycles. The van der Waals surface area contributed by atoms with Crippen LogP contribution in [0, 0.1) is 0 Å². The maximum atomic E-state index is 12.5. The van der Waals surface area contributed by atoms with E-state index in [1.54, 1.807) is 18.2 Å². The molecule has 0 radical (unpaired) electrons. The first-order chi connectivity index (χ1) is 9.29. The molecular formula is C14H10BrClF3N. The molecule has 20 heavy (non-hydrogen) atoms. The van der Waals surface area contributed by atoms with Gasteiger partial charge < -0.3 is 5.73 Å². The number of alkyl halides is 3. The first-order valence-electron chi connectivity index (χ1n) is 5.66. The van der Waals surface area contributed by atoms with Gasteiger partial charge in [0.05, 0.1) is 11.6 Å². The predicted molar refractivity (Wildman–Crippen MR) is 76.6 cm³/mol. The van der Waals surface area contributed by atoms with E-state index in [1.165, 1.54) is 12.1 Å². The molecule has 6 heteroatoms. The molecule has 0 aromatic heterocycles. The van der Waals surface area contributed by atoms with Crippen LogP contribution in [0.5, 0.6) is 0 Å². The summed E-state index contributed by atoms with van der Waals surface area (Å²) in [5.41, 5.74) is 6.58. The second-order valence-electron chi connectivity index (χ2n) is 4.26. The van der Waals surface area contributed by atoms with Crippen LogP contribution in [0.15, 0.2) is 46.9 Å². The Labute approximate surface area is 127 Å². The normalized spacial score (nSPS) is 13.3. The molecule has 2 aromatic rings. The Bertz CT molecular complexity index is 611. The smallest absolute Gasteiger partial charge is 0.320 e. The fourth-order valence-electron chi connectivity index (χ4n) is 1.81. The molecule has 1 unspecified atom stereocenters. The summed E-state index contributed by atoms with van der Waals surface area (Å²) in [6.07, 6.45) is -4.35. The lowest BCUT2D eigenvalue weighted by Gasteiger charge is -2.15. The summed E-state index contributed by atoms with van der Waals surface area (Å²) >= 11 is 9.38. The molecule has 0 aliphatic carbocycles. The molecule has 1 atom stereocenters. The van der Waals surface area contributed by atoms with Gasteiger partial charge in [-0.15, -0.1) is 0 Å². The van der Waals surface area contributed by atoms with Gasteiger partial charge in [-0.3, -0.25) is 0 Å². The number of benzene rings is 2. The van der Waals surface area contributed by atoms with Gasteiger partial charge in [-0.2, -0.15) is 13.2 Å². The molecule has 2 aromatic carbocycles. The summed E-state index contributed by atoms with van der Waals surface area (Å²) in [6.45, 7) is 0. The summed E-state index contributed by atoms with van der Waals surface area (Å²) in [5.74, 6) is 0. The number of hydrogen-bond acceptors (Lipinski definition) is 1. The zero-order chi connectivity index (χ0) is 14.9. The predicted octanol–water partition coefficient (Wildman–Crippen LogP) is 5.17. The zero-order valence-electron chi connectivity index (χ0n) is 10.1. The van der Waals surface area contributed by atoms with E-state index in [1.807, 2.05) is 0 Å². The van der Waals surface area contributed by atoms with Crippen molar-refractivity contribution in [2.24, 2.45) is 5.73 Å². The van der Waals surface area contributed by atoms with Crippen molar-refractivity contribution in [3.05, 3.63) is 68.7 Å². The van der Waals surface area contributed by atoms with Crippen LogP contribution >= 0.6 is 27.5 Å². The summed E-state index contributed by atoms with van der Waals surface area (Å²) in [7, 11) is 0. The first kappa shape index (κ1) is 15.4. The van der Waals surface area contributed by atoms with Crippen molar-refractivity contribution in [1.29, 1.82) is 0 Å². The highest BCUT2D eigenvalue weighted by atomic mass is 79.9. The van der Waals surface area contributed by atoms with E-state index in [2.05, 4.69) is 15.9 Å². The van der Waals surface area contributed by atoms with Crippen molar-refractivity contribution >= 4 is 27.5 Å². The van der Waals surface area contributed by atoms with Gasteiger partial charge >= 0.3 is 6.18 Å². The van der Waals surface area contributed by atoms with Gasteiger partial charge in [0, 0.05) is 9.50 Å². The Morgan fingerprint density at radius 1 is 1.05 bits per heavy atom. The van der Waals surface area contributed by atoms with Crippen LogP contribution in [-0.4, -0.2) is 0 Å². The molecule has 0 aliphatic rings. The second-order valence-corrected chi connectivity index (χ2v) is 5.59. The van der Waals surface area contributed by atoms with Gasteiger partial charge in [0.1, 0.15) is 0 Å². The van der Waals surface area contributed by atoms with E-state index in [0.29, 0.717) is 16.1 Å². The minimum absolute atomic E-state index is 0.473. The molecule has 0 aliphatic heterocycles. The maximum absolute atomic E-state index is 12.5. The Morgan fingerprint density at radius 2 is 1.65 bits per heavy atom. The van der Waals surface area contributed by atoms with E-state index in [4.69, 9.17) is 17.3 Å². The third-order valence-corrected chi connectivity index (χ3v) is 3.73. The highest BCUT2D eigenvalue weighted by Crippen LogP contribution is 2.32. The van der Waals surface area contributed by atoms with E-state index in [0.717, 1.165) is 16.6 Å². The van der Waals surface area contributed by atoms with Crippen molar-refractivity contribution in [3.8, 4) is 0 Å². The molecule has 0 saturated heterocycles. The van der Waals surface area contributed by atoms with Crippen molar-refractivity contribution in [1.82, 2.24) is 0 Å². The molecule has 2 rings (SSSR count). The van der Waals surface area contributed by atoms with Gasteiger partial charge in [0.2, 0.25) is 0 Å². The lowest BCUT2D eigenvalue weighted by Crippen LogP contribution is -2.13. The molecule has 0 bridgehead atoms. The Balaban J connectivity index is 2.34. The SMILES string of the molecule is NC(c1ccc(C(F)(F)F)cc1)c1cc(Br)ccc1Cl. The Hall–Kier alpha value is -1.04. The van der Waals surface area contributed by atoms with Gasteiger partial charge in [-0.25, -0.2) is 0 Å². The summed E-state index contributed by atoms with van der Waals surface area (Å²) in [6, 6.07) is 9.39. The average Bonchev–Trinajstić information content (AvgIpc) is 2.40. The summed E-state index contributed by atoms with van der Waals surface area (Å²) in [5, 5.41) is 0.473. The Morgan fingerprint density at radius 3 is 2.20 bits per heavy atom. The molecule has 1 nitrogen and oxygen atoms in total. The van der Waals surface area contributed by atoms with Crippen molar-refractivity contribution < 1.29 is 13.2 Å². The van der Waals surface area contributed by atoms with Gasteiger partial charge in [0.25, 0.3) is 0 Å². The molecule has 106 valence electrons. The van der Waals surface area contributed by atoms with Crippen LogP contribution in [0.4, 0.5) is 13.2 Å². The maximum Gasteiger partial charge on any atom is 0.416 e. The van der Waals surface area contributed by atoms with E-state index < -0.39 is 17.8 Å². The molecule has 2 N–H and O–H groups in total. The van der Waals surface area contributed by atoms with Gasteiger partial charge in [-0.1, -0.05) is 39.7 Å². The molecule has 0 amide bonds. The second kappa shape index (κ2) is 5.76. The zero-order valence-corrected chi connectivity index (χ0v) is 12.4. The number of halogens is 5. The molecule has 0 spiro atoms. The average molecular weight is 365 g/mol. The van der Waals surface area contributed by atoms with Crippen LogP contribution in [-0.2, 0) is 6.18 Å². The van der Waals surface area contributed by atoms with Gasteiger partial charge in [-0.05, 0) is 41.5 Å². The third-order valence-electron chi connectivity index (χ3n) is 2.89. The van der Waals surface area contributed by atoms with Crippen molar-refractivity contribution in [2.75, 3.05) is 0 Å². The van der Waals surface area contributed by atoms with E-state index in [-0.39, 0.29) is 0 Å². The van der Waals surface area contributed by atoms with Crippen molar-refractivity contribution in [2.45, 2.75) is 12.2 Å². The minimum atomic E-state index is -4.35. The molecular weight excluding hydrogens is 355 g/mol. The minimum Gasteiger partial charge on any atom is -0.320 e. The molecule has 0 saturated carbocycles. The quantitative estimate of drug-likeness (QED) is 0.782. The standard InChI is InChI=1S/C14H10BrClF3N/c15-10-5-6-12(16)11(7-10)13(20)8-1-3-9(4-2-8)14(17,18)19/h1-7,13H,20H2. The van der Waals surface area contributed by atoms with Crippen LogP contribution in [0.25, 0.3) is 0 Å². The number of nitrogens with two attached hydrogens (primary N) is 1. The van der Waals surface area contributed by atoms with E-state index in [9.17, 15) is 13.2 Å². The lowest BCUT2D eigenvalue weighted by atomic mass is 9.98. The van der Waals surface area contributed by atoms with Crippen molar-refractivity contribution in [3.63, 3.8) is 0 Å². The highest BCUT2D eigenvalue weighted by Gasteiger charge is 2.30. The monoisotopic (exact) mass is 363 g/mol. The van der Waals surface area contributed by atoms with Crippen LogP contribution in [0.2, 0.25) is 5.02 Å². The summed E-state index contributed by atoms with van der Waals surface area (Å²) in [4.78, 5) is 0. The van der Waals surface area contributed by atoms with E-state index >= 15 is 0 Å². The fraction of sp³-hybridized carbons (Fsp3) is 0.143. The van der Waals surface area contributed by atoms with Crippen LogP contribution in [0.3, 0.4) is 0 Å². The van der Waals surface area contributed by atoms with Gasteiger partial charge in [0.15, 0.2) is 0 Å². The number of rotatable bonds is 2. The highest BCUT2D eigenvalue weighted by molar-refractivity contribution is 9.10. The van der Waals surface area contributed by atoms with Crippen LogP contribution in [0.1, 0.15) is 22.7 Å². The topological polar surface area (TPSA) is 26.0 Å². The third kappa shape index (κ3) is 3.34. The lowest BCUT2D eigenvalue weighted by molar-refractivity contribution is -0.137. The van der Waals surface area contributed by atoms with Crippen LogP contribution < -0.4 is 5.73 Å². The first-order valence-corrected chi connectivity index (χ1v) is 6.84.